The molecule has 1 rings (SSSR count). The molecule has 0 saturated carbocycles. The second-order valence-corrected chi connectivity index (χ2v) is 3.55. The van der Waals surface area contributed by atoms with Crippen molar-refractivity contribution in [3.8, 4) is 5.75 Å². The van der Waals surface area contributed by atoms with Crippen molar-refractivity contribution >= 4 is 5.91 Å². The van der Waals surface area contributed by atoms with E-state index in [2.05, 4.69) is 5.32 Å². The molecule has 1 aromatic rings. The number of nitrogens with one attached hydrogen (secondary N) is 1. The van der Waals surface area contributed by atoms with Gasteiger partial charge in [-0.2, -0.15) is 0 Å². The van der Waals surface area contributed by atoms with Gasteiger partial charge in [-0.15, -0.1) is 0 Å². The number of benzene rings is 1. The van der Waals surface area contributed by atoms with Crippen LogP contribution in [0.5, 0.6) is 5.75 Å². The summed E-state index contributed by atoms with van der Waals surface area (Å²) in [5.41, 5.74) is 6.11. The highest BCUT2D eigenvalue weighted by molar-refractivity contribution is 5.81. The topological polar surface area (TPSA) is 64.3 Å². The minimum absolute atomic E-state index is 0.393. The van der Waals surface area contributed by atoms with E-state index in [1.165, 1.54) is 0 Å². The molecule has 0 spiro atoms. The van der Waals surface area contributed by atoms with E-state index in [1.54, 1.807) is 7.05 Å². The molecule has 88 valence electrons. The highest BCUT2D eigenvalue weighted by Crippen LogP contribution is 2.19. The largest absolute Gasteiger partial charge is 0.494 e. The standard InChI is InChI=1S/C12H18N2O2/c1-3-7-16-10-6-4-5-9(8-10)11(14-2)12(13)15/h4-6,8,11,14H,3,7H2,1-2H3,(H2,13,15). The summed E-state index contributed by atoms with van der Waals surface area (Å²) in [6, 6.07) is 6.94. The van der Waals surface area contributed by atoms with Crippen molar-refractivity contribution in [2.75, 3.05) is 13.7 Å². The number of carbonyl (C=O) groups excluding carboxylic acids is 1. The van der Waals surface area contributed by atoms with Crippen molar-refractivity contribution in [3.05, 3.63) is 29.8 Å². The van der Waals surface area contributed by atoms with Crippen molar-refractivity contribution in [1.29, 1.82) is 0 Å². The van der Waals surface area contributed by atoms with E-state index in [-0.39, 0.29) is 0 Å². The molecule has 0 aromatic heterocycles. The Labute approximate surface area is 95.8 Å². The van der Waals surface area contributed by atoms with Crippen molar-refractivity contribution in [1.82, 2.24) is 5.32 Å². The lowest BCUT2D eigenvalue weighted by atomic mass is 10.1. The van der Waals surface area contributed by atoms with Crippen LogP contribution in [-0.4, -0.2) is 19.6 Å². The maximum Gasteiger partial charge on any atom is 0.239 e. The Morgan fingerprint density at radius 2 is 2.31 bits per heavy atom. The Morgan fingerprint density at radius 1 is 1.56 bits per heavy atom. The smallest absolute Gasteiger partial charge is 0.239 e. The third-order valence-electron chi connectivity index (χ3n) is 2.24. The van der Waals surface area contributed by atoms with E-state index in [0.717, 1.165) is 17.7 Å². The van der Waals surface area contributed by atoms with Gasteiger partial charge in [-0.3, -0.25) is 4.79 Å². The van der Waals surface area contributed by atoms with Crippen LogP contribution in [0.3, 0.4) is 0 Å². The molecule has 0 saturated heterocycles. The van der Waals surface area contributed by atoms with Gasteiger partial charge in [0.15, 0.2) is 0 Å². The first kappa shape index (κ1) is 12.5. The van der Waals surface area contributed by atoms with E-state index >= 15 is 0 Å². The van der Waals surface area contributed by atoms with Crippen LogP contribution in [0.2, 0.25) is 0 Å². The van der Waals surface area contributed by atoms with Crippen LogP contribution in [0.25, 0.3) is 0 Å². The molecule has 1 atom stereocenters. The van der Waals surface area contributed by atoms with Crippen molar-refractivity contribution in [2.24, 2.45) is 5.73 Å². The van der Waals surface area contributed by atoms with Gasteiger partial charge in [-0.05, 0) is 31.2 Å². The Balaban J connectivity index is 2.83. The fourth-order valence-electron chi connectivity index (χ4n) is 1.48. The summed E-state index contributed by atoms with van der Waals surface area (Å²) in [4.78, 5) is 11.2. The van der Waals surface area contributed by atoms with Crippen LogP contribution >= 0.6 is 0 Å². The molecule has 0 aliphatic rings. The van der Waals surface area contributed by atoms with Gasteiger partial charge in [0.2, 0.25) is 5.91 Å². The second kappa shape index (κ2) is 6.12. The van der Waals surface area contributed by atoms with E-state index < -0.39 is 11.9 Å². The summed E-state index contributed by atoms with van der Waals surface area (Å²) in [5.74, 6) is 0.371. The monoisotopic (exact) mass is 222 g/mol. The molecule has 4 heteroatoms. The van der Waals surface area contributed by atoms with Gasteiger partial charge in [-0.25, -0.2) is 0 Å². The predicted molar refractivity (Wildman–Crippen MR) is 63.2 cm³/mol. The highest BCUT2D eigenvalue weighted by atomic mass is 16.5. The molecule has 0 radical (unpaired) electrons. The van der Waals surface area contributed by atoms with Gasteiger partial charge in [0, 0.05) is 0 Å². The number of hydrogen-bond donors (Lipinski definition) is 2. The lowest BCUT2D eigenvalue weighted by Gasteiger charge is -2.14. The third kappa shape index (κ3) is 3.24. The first-order chi connectivity index (χ1) is 7.69. The average molecular weight is 222 g/mol. The van der Waals surface area contributed by atoms with E-state index in [1.807, 2.05) is 31.2 Å². The van der Waals surface area contributed by atoms with Gasteiger partial charge in [0.1, 0.15) is 11.8 Å². The molecule has 1 unspecified atom stereocenters. The fourth-order valence-corrected chi connectivity index (χ4v) is 1.48. The number of amides is 1. The van der Waals surface area contributed by atoms with Gasteiger partial charge in [0.05, 0.1) is 6.61 Å². The lowest BCUT2D eigenvalue weighted by Crippen LogP contribution is -2.31. The number of hydrogen-bond acceptors (Lipinski definition) is 3. The summed E-state index contributed by atoms with van der Waals surface area (Å²) in [5, 5.41) is 2.87. The fraction of sp³-hybridized carbons (Fsp3) is 0.417. The van der Waals surface area contributed by atoms with Crippen LogP contribution in [0.1, 0.15) is 24.9 Å². The van der Waals surface area contributed by atoms with E-state index in [9.17, 15) is 4.79 Å². The number of ether oxygens (including phenoxy) is 1. The zero-order valence-electron chi connectivity index (χ0n) is 9.69. The average Bonchev–Trinajstić information content (AvgIpc) is 2.27. The summed E-state index contributed by atoms with van der Waals surface area (Å²) < 4.78 is 5.49. The number of carbonyl (C=O) groups is 1. The minimum atomic E-state index is -0.467. The molecule has 0 bridgehead atoms. The Bertz CT molecular complexity index is 353. The SMILES string of the molecule is CCCOc1cccc(C(NC)C(N)=O)c1. The predicted octanol–water partition coefficient (Wildman–Crippen LogP) is 1.22. The number of likely N-dealkylation sites (N-methyl/N-ethyl adjacent to an activating group) is 1. The summed E-state index contributed by atoms with van der Waals surface area (Å²) >= 11 is 0. The van der Waals surface area contributed by atoms with Crippen LogP contribution < -0.4 is 15.8 Å². The van der Waals surface area contributed by atoms with Crippen LogP contribution in [0, 0.1) is 0 Å². The molecule has 0 fully saturated rings. The molecular weight excluding hydrogens is 204 g/mol. The summed E-state index contributed by atoms with van der Waals surface area (Å²) in [7, 11) is 1.70. The Morgan fingerprint density at radius 3 is 2.88 bits per heavy atom. The molecule has 1 aromatic carbocycles. The van der Waals surface area contributed by atoms with Crippen molar-refractivity contribution in [2.45, 2.75) is 19.4 Å². The normalized spacial score (nSPS) is 12.1. The third-order valence-corrected chi connectivity index (χ3v) is 2.24. The molecule has 3 N–H and O–H groups in total. The van der Waals surface area contributed by atoms with Gasteiger partial charge < -0.3 is 15.8 Å². The van der Waals surface area contributed by atoms with Crippen molar-refractivity contribution in [3.63, 3.8) is 0 Å². The maximum absolute atomic E-state index is 11.2. The van der Waals surface area contributed by atoms with Crippen LogP contribution in [0.15, 0.2) is 24.3 Å². The Hall–Kier alpha value is -1.55. The maximum atomic E-state index is 11.2. The Kier molecular flexibility index (Phi) is 4.79. The number of nitrogens with two attached hydrogens (primary N) is 1. The summed E-state index contributed by atoms with van der Waals surface area (Å²) in [6.45, 7) is 2.72. The molecule has 0 aliphatic carbocycles. The second-order valence-electron chi connectivity index (χ2n) is 3.55. The van der Waals surface area contributed by atoms with Gasteiger partial charge in [0.25, 0.3) is 0 Å². The molecule has 1 amide bonds. The molecular formula is C12H18N2O2. The zero-order chi connectivity index (χ0) is 12.0. The first-order valence-electron chi connectivity index (χ1n) is 5.38. The zero-order valence-corrected chi connectivity index (χ0v) is 9.69. The minimum Gasteiger partial charge on any atom is -0.494 e. The van der Waals surface area contributed by atoms with Gasteiger partial charge in [-0.1, -0.05) is 19.1 Å². The highest BCUT2D eigenvalue weighted by Gasteiger charge is 2.15. The van der Waals surface area contributed by atoms with E-state index in [4.69, 9.17) is 10.5 Å². The van der Waals surface area contributed by atoms with Crippen molar-refractivity contribution < 1.29 is 9.53 Å². The molecule has 0 heterocycles. The number of rotatable bonds is 6. The van der Waals surface area contributed by atoms with Gasteiger partial charge >= 0.3 is 0 Å². The van der Waals surface area contributed by atoms with Crippen LogP contribution in [-0.2, 0) is 4.79 Å². The lowest BCUT2D eigenvalue weighted by molar-refractivity contribution is -0.120. The molecule has 4 nitrogen and oxygen atoms in total. The molecule has 16 heavy (non-hydrogen) atoms. The quantitative estimate of drug-likeness (QED) is 0.760. The van der Waals surface area contributed by atoms with E-state index in [0.29, 0.717) is 6.61 Å². The summed E-state index contributed by atoms with van der Waals surface area (Å²) in [6.07, 6.45) is 0.954. The molecule has 0 aliphatic heterocycles. The van der Waals surface area contributed by atoms with Crippen LogP contribution in [0.4, 0.5) is 0 Å². The first-order valence-corrected chi connectivity index (χ1v) is 5.38. The number of primary amides is 1.